The van der Waals surface area contributed by atoms with Gasteiger partial charge < -0.3 is 21.5 Å². The fraction of sp³-hybridized carbons (Fsp3) is 0.219. The second-order valence-electron chi connectivity index (χ2n) is 11.0. The van der Waals surface area contributed by atoms with Crippen LogP contribution in [0.1, 0.15) is 42.5 Å². The average molecular weight is 609 g/mol. The average Bonchev–Trinajstić information content (AvgIpc) is 3.52. The smallest absolute Gasteiger partial charge is 0.325 e. The van der Waals surface area contributed by atoms with Gasteiger partial charge in [0.1, 0.15) is 34.6 Å². The molecule has 13 heteroatoms. The molecule has 2 aromatic carbocycles. The van der Waals surface area contributed by atoms with Crippen molar-refractivity contribution >= 4 is 40.5 Å². The number of hydrogen-bond donors (Lipinski definition) is 4. The fourth-order valence-corrected chi connectivity index (χ4v) is 5.50. The highest BCUT2D eigenvalue weighted by Crippen LogP contribution is 2.45. The van der Waals surface area contributed by atoms with Gasteiger partial charge in [-0.2, -0.15) is 5.10 Å². The Balaban J connectivity index is 1.29. The molecule has 5 aromatic rings. The van der Waals surface area contributed by atoms with Gasteiger partial charge >= 0.3 is 5.97 Å². The standard InChI is InChI=1S/C32H29FN8O4/c1-17(30(43)44)36-23(42)14-11-18-9-12-20(13-10-18)32(2)24-26(34)37-28(38-27(24)39-31(32)45)25-21-7-5-15-35-29(21)41(40-25)16-19-6-3-4-8-22(19)33/h3-10,12-13,15,17H,11,14,16H2,1-2H3,(H,36,42)(H,43,44)(H3,34,37,38,39,45)/t17-,32-/m1/s1. The number of carbonyl (C=O) groups is 3. The highest BCUT2D eigenvalue weighted by Gasteiger charge is 2.47. The molecule has 1 aliphatic rings. The van der Waals surface area contributed by atoms with Gasteiger partial charge in [0.2, 0.25) is 11.8 Å². The molecule has 0 aliphatic carbocycles. The van der Waals surface area contributed by atoms with Gasteiger partial charge in [0.15, 0.2) is 11.5 Å². The van der Waals surface area contributed by atoms with Gasteiger partial charge in [0.25, 0.3) is 0 Å². The molecule has 3 aromatic heterocycles. The molecule has 0 radical (unpaired) electrons. The summed E-state index contributed by atoms with van der Waals surface area (Å²) in [6.07, 6.45) is 2.12. The largest absolute Gasteiger partial charge is 0.480 e. The van der Waals surface area contributed by atoms with Crippen molar-refractivity contribution in [2.45, 2.75) is 44.7 Å². The lowest BCUT2D eigenvalue weighted by Crippen LogP contribution is -2.38. The van der Waals surface area contributed by atoms with Crippen LogP contribution in [0.3, 0.4) is 0 Å². The summed E-state index contributed by atoms with van der Waals surface area (Å²) in [5, 5.41) is 19.6. The number of aryl methyl sites for hydroxylation is 1. The lowest BCUT2D eigenvalue weighted by molar-refractivity contribution is -0.141. The number of rotatable bonds is 9. The van der Waals surface area contributed by atoms with Crippen molar-refractivity contribution in [2.75, 3.05) is 11.1 Å². The number of anilines is 2. The molecule has 228 valence electrons. The van der Waals surface area contributed by atoms with Crippen molar-refractivity contribution in [1.29, 1.82) is 0 Å². The van der Waals surface area contributed by atoms with Crippen LogP contribution in [0.5, 0.6) is 0 Å². The quantitative estimate of drug-likeness (QED) is 0.195. The molecule has 0 unspecified atom stereocenters. The summed E-state index contributed by atoms with van der Waals surface area (Å²) in [6, 6.07) is 16.2. The molecule has 12 nitrogen and oxygen atoms in total. The zero-order valence-electron chi connectivity index (χ0n) is 24.4. The molecule has 6 rings (SSSR count). The summed E-state index contributed by atoms with van der Waals surface area (Å²) in [4.78, 5) is 50.2. The van der Waals surface area contributed by atoms with E-state index in [9.17, 15) is 18.8 Å². The first-order valence-electron chi connectivity index (χ1n) is 14.2. The van der Waals surface area contributed by atoms with E-state index in [-0.39, 0.29) is 48.1 Å². The molecule has 0 fully saturated rings. The number of fused-ring (bicyclic) bond motifs is 2. The molecule has 0 saturated carbocycles. The number of carbonyl (C=O) groups excluding carboxylic acids is 2. The zero-order chi connectivity index (χ0) is 31.9. The minimum absolute atomic E-state index is 0.102. The van der Waals surface area contributed by atoms with Crippen molar-refractivity contribution < 1.29 is 23.9 Å². The van der Waals surface area contributed by atoms with Crippen LogP contribution in [0.25, 0.3) is 22.6 Å². The first-order valence-corrected chi connectivity index (χ1v) is 14.2. The molecule has 2 amide bonds. The van der Waals surface area contributed by atoms with Crippen LogP contribution in [0, 0.1) is 5.82 Å². The number of hydrogen-bond acceptors (Lipinski definition) is 8. The Morgan fingerprint density at radius 3 is 2.60 bits per heavy atom. The summed E-state index contributed by atoms with van der Waals surface area (Å²) in [5.41, 5.74) is 8.59. The van der Waals surface area contributed by atoms with Crippen LogP contribution < -0.4 is 16.4 Å². The van der Waals surface area contributed by atoms with Crippen molar-refractivity contribution in [3.63, 3.8) is 0 Å². The van der Waals surface area contributed by atoms with E-state index in [1.54, 1.807) is 54.2 Å². The Morgan fingerprint density at radius 1 is 1.11 bits per heavy atom. The summed E-state index contributed by atoms with van der Waals surface area (Å²) in [5.74, 6) is -1.61. The first kappa shape index (κ1) is 29.4. The number of carboxylic acid groups (broad SMARTS) is 1. The predicted molar refractivity (Wildman–Crippen MR) is 164 cm³/mol. The number of nitrogens with two attached hydrogens (primary N) is 1. The highest BCUT2D eigenvalue weighted by atomic mass is 19.1. The number of nitrogens with zero attached hydrogens (tertiary/aromatic N) is 5. The third-order valence-electron chi connectivity index (χ3n) is 8.04. The van der Waals surface area contributed by atoms with Crippen LogP contribution in [-0.4, -0.2) is 53.7 Å². The van der Waals surface area contributed by atoms with Crippen LogP contribution in [0.4, 0.5) is 16.0 Å². The Hall–Kier alpha value is -5.72. The van der Waals surface area contributed by atoms with Gasteiger partial charge in [-0.3, -0.25) is 14.4 Å². The number of halogens is 1. The van der Waals surface area contributed by atoms with Crippen LogP contribution in [-0.2, 0) is 32.8 Å². The van der Waals surface area contributed by atoms with Crippen molar-refractivity contribution in [3.8, 4) is 11.5 Å². The molecule has 5 N–H and O–H groups in total. The summed E-state index contributed by atoms with van der Waals surface area (Å²) in [7, 11) is 0. The maximum atomic E-state index is 14.4. The lowest BCUT2D eigenvalue weighted by Gasteiger charge is -2.23. The van der Waals surface area contributed by atoms with E-state index in [0.29, 0.717) is 39.8 Å². The molecule has 45 heavy (non-hydrogen) atoms. The van der Waals surface area contributed by atoms with Crippen molar-refractivity contribution in [1.82, 2.24) is 30.0 Å². The third-order valence-corrected chi connectivity index (χ3v) is 8.04. The normalized spacial score (nSPS) is 16.3. The first-order chi connectivity index (χ1) is 21.6. The summed E-state index contributed by atoms with van der Waals surface area (Å²) in [6.45, 7) is 3.28. The van der Waals surface area contributed by atoms with Gasteiger partial charge in [-0.05, 0) is 49.6 Å². The van der Waals surface area contributed by atoms with E-state index >= 15 is 0 Å². The Bertz CT molecular complexity index is 1980. The summed E-state index contributed by atoms with van der Waals surface area (Å²) < 4.78 is 16.0. The number of carboxylic acids is 1. The number of amides is 2. The molecule has 2 atom stereocenters. The molecule has 0 bridgehead atoms. The van der Waals surface area contributed by atoms with E-state index in [0.717, 1.165) is 5.56 Å². The second-order valence-corrected chi connectivity index (χ2v) is 11.0. The zero-order valence-corrected chi connectivity index (χ0v) is 24.4. The van der Waals surface area contributed by atoms with Crippen LogP contribution >= 0.6 is 0 Å². The fourth-order valence-electron chi connectivity index (χ4n) is 5.50. The lowest BCUT2D eigenvalue weighted by atomic mass is 9.77. The molecule has 4 heterocycles. The van der Waals surface area contributed by atoms with E-state index in [4.69, 9.17) is 10.8 Å². The maximum absolute atomic E-state index is 14.4. The topological polar surface area (TPSA) is 178 Å². The number of aliphatic carboxylic acids is 1. The van der Waals surface area contributed by atoms with Gasteiger partial charge in [-0.15, -0.1) is 0 Å². The number of nitrogens with one attached hydrogen (secondary N) is 2. The number of nitrogen functional groups attached to an aromatic ring is 1. The van der Waals surface area contributed by atoms with Crippen molar-refractivity contribution in [2.24, 2.45) is 0 Å². The molecule has 1 aliphatic heterocycles. The molecular formula is C32H29FN8O4. The van der Waals surface area contributed by atoms with Gasteiger partial charge in [0, 0.05) is 18.2 Å². The Kier molecular flexibility index (Phi) is 7.44. The Morgan fingerprint density at radius 2 is 1.87 bits per heavy atom. The maximum Gasteiger partial charge on any atom is 0.325 e. The van der Waals surface area contributed by atoms with Crippen molar-refractivity contribution in [3.05, 3.63) is 94.9 Å². The van der Waals surface area contributed by atoms with Gasteiger partial charge in [0.05, 0.1) is 17.5 Å². The molecule has 0 saturated heterocycles. The monoisotopic (exact) mass is 608 g/mol. The SMILES string of the molecule is C[C@@H](NC(=O)CCc1ccc([C@@]2(C)C(=O)Nc3nc(-c4nn(Cc5ccccc5F)c5ncccc45)nc(N)c32)cc1)C(=O)O. The molecule has 0 spiro atoms. The predicted octanol–water partition coefficient (Wildman–Crippen LogP) is 3.44. The Labute approximate surface area is 256 Å². The highest BCUT2D eigenvalue weighted by molar-refractivity contribution is 6.09. The van der Waals surface area contributed by atoms with Gasteiger partial charge in [-0.1, -0.05) is 42.5 Å². The second kappa shape index (κ2) is 11.4. The molecular weight excluding hydrogens is 579 g/mol. The minimum atomic E-state index is -1.20. The van der Waals surface area contributed by atoms with Crippen LogP contribution in [0.2, 0.25) is 0 Å². The number of pyridine rings is 1. The third kappa shape index (κ3) is 5.32. The van der Waals surface area contributed by atoms with Gasteiger partial charge in [-0.25, -0.2) is 24.0 Å². The number of aromatic nitrogens is 5. The van der Waals surface area contributed by atoms with E-state index in [1.807, 2.05) is 18.2 Å². The number of benzene rings is 2. The summed E-state index contributed by atoms with van der Waals surface area (Å²) >= 11 is 0. The van der Waals surface area contributed by atoms with Crippen LogP contribution in [0.15, 0.2) is 66.9 Å². The van der Waals surface area contributed by atoms with E-state index in [1.165, 1.54) is 13.0 Å². The minimum Gasteiger partial charge on any atom is -0.480 e. The van der Waals surface area contributed by atoms with E-state index in [2.05, 4.69) is 30.7 Å². The van der Waals surface area contributed by atoms with E-state index < -0.39 is 17.4 Å².